The Bertz CT molecular complexity index is 612. The van der Waals surface area contributed by atoms with Crippen LogP contribution in [0, 0.1) is 6.92 Å². The molecule has 2 aliphatic rings. The SMILES string of the molecule is Cc1nnc(CN=C(NC(C)COC2CCOC2)NC2CCCCC2)n1C.I. The van der Waals surface area contributed by atoms with Crippen LogP contribution in [-0.4, -0.2) is 58.7 Å². The molecule has 2 atom stereocenters. The Hall–Kier alpha value is -0.940. The zero-order valence-corrected chi connectivity index (χ0v) is 19.6. The minimum atomic E-state index is 0. The first-order valence-corrected chi connectivity index (χ1v) is 10.2. The molecular formula is C19H35IN6O2. The van der Waals surface area contributed by atoms with Crippen LogP contribution in [0.1, 0.15) is 57.1 Å². The van der Waals surface area contributed by atoms with Gasteiger partial charge in [-0.2, -0.15) is 0 Å². The fourth-order valence-electron chi connectivity index (χ4n) is 3.51. The predicted octanol–water partition coefficient (Wildman–Crippen LogP) is 2.30. The average Bonchev–Trinajstić information content (AvgIpc) is 3.30. The molecule has 0 bridgehead atoms. The van der Waals surface area contributed by atoms with E-state index in [1.54, 1.807) is 0 Å². The molecule has 1 aliphatic heterocycles. The topological polar surface area (TPSA) is 85.6 Å². The number of nitrogens with one attached hydrogen (secondary N) is 2. The van der Waals surface area contributed by atoms with Crippen molar-refractivity contribution in [3.63, 3.8) is 0 Å². The smallest absolute Gasteiger partial charge is 0.192 e. The van der Waals surface area contributed by atoms with Gasteiger partial charge in [0.2, 0.25) is 0 Å². The number of ether oxygens (including phenoxy) is 2. The van der Waals surface area contributed by atoms with Crippen molar-refractivity contribution in [3.05, 3.63) is 11.6 Å². The van der Waals surface area contributed by atoms with Gasteiger partial charge in [0.25, 0.3) is 0 Å². The van der Waals surface area contributed by atoms with Crippen molar-refractivity contribution >= 4 is 29.9 Å². The summed E-state index contributed by atoms with van der Waals surface area (Å²) in [5, 5.41) is 15.4. The zero-order valence-electron chi connectivity index (χ0n) is 17.3. The molecule has 1 aromatic heterocycles. The van der Waals surface area contributed by atoms with Crippen molar-refractivity contribution in [1.29, 1.82) is 0 Å². The van der Waals surface area contributed by atoms with Crippen LogP contribution < -0.4 is 10.6 Å². The summed E-state index contributed by atoms with van der Waals surface area (Å²) in [6.45, 7) is 6.73. The van der Waals surface area contributed by atoms with E-state index in [1.807, 2.05) is 18.5 Å². The minimum Gasteiger partial charge on any atom is -0.379 e. The molecule has 2 heterocycles. The lowest BCUT2D eigenvalue weighted by molar-refractivity contribution is 0.0347. The molecule has 0 amide bonds. The Morgan fingerprint density at radius 3 is 2.71 bits per heavy atom. The van der Waals surface area contributed by atoms with E-state index in [0.29, 0.717) is 25.8 Å². The number of aliphatic imine (C=N–C) groups is 1. The Labute approximate surface area is 185 Å². The first-order chi connectivity index (χ1) is 13.1. The van der Waals surface area contributed by atoms with Crippen LogP contribution in [0.5, 0.6) is 0 Å². The third-order valence-electron chi connectivity index (χ3n) is 5.36. The second-order valence-corrected chi connectivity index (χ2v) is 7.73. The minimum absolute atomic E-state index is 0. The lowest BCUT2D eigenvalue weighted by Gasteiger charge is -2.27. The van der Waals surface area contributed by atoms with Crippen molar-refractivity contribution in [2.24, 2.45) is 12.0 Å². The number of hydrogen-bond donors (Lipinski definition) is 2. The van der Waals surface area contributed by atoms with Crippen molar-refractivity contribution in [3.8, 4) is 0 Å². The number of aryl methyl sites for hydroxylation is 1. The maximum Gasteiger partial charge on any atom is 0.192 e. The molecule has 2 N–H and O–H groups in total. The normalized spacial score (nSPS) is 22.0. The second kappa shape index (κ2) is 11.9. The number of aromatic nitrogens is 3. The molecule has 0 aromatic carbocycles. The Balaban J connectivity index is 0.00000280. The van der Waals surface area contributed by atoms with Crippen molar-refractivity contribution in [2.45, 2.75) is 77.1 Å². The van der Waals surface area contributed by atoms with Gasteiger partial charge in [0.1, 0.15) is 12.4 Å². The molecule has 1 saturated heterocycles. The Kier molecular flexibility index (Phi) is 9.93. The Morgan fingerprint density at radius 2 is 2.07 bits per heavy atom. The highest BCUT2D eigenvalue weighted by molar-refractivity contribution is 14.0. The molecule has 9 heteroatoms. The highest BCUT2D eigenvalue weighted by atomic mass is 127. The number of rotatable bonds is 7. The van der Waals surface area contributed by atoms with E-state index in [4.69, 9.17) is 14.5 Å². The van der Waals surface area contributed by atoms with Gasteiger partial charge in [-0.25, -0.2) is 4.99 Å². The van der Waals surface area contributed by atoms with Crippen molar-refractivity contribution in [2.75, 3.05) is 19.8 Å². The third-order valence-corrected chi connectivity index (χ3v) is 5.36. The van der Waals surface area contributed by atoms with Crippen LogP contribution in [0.4, 0.5) is 0 Å². The van der Waals surface area contributed by atoms with Gasteiger partial charge in [0.15, 0.2) is 11.8 Å². The molecule has 0 radical (unpaired) electrons. The van der Waals surface area contributed by atoms with Crippen LogP contribution in [-0.2, 0) is 23.1 Å². The summed E-state index contributed by atoms with van der Waals surface area (Å²) in [5.41, 5.74) is 0. The number of hydrogen-bond acceptors (Lipinski definition) is 5. The van der Waals surface area contributed by atoms with E-state index < -0.39 is 0 Å². The number of guanidine groups is 1. The molecule has 28 heavy (non-hydrogen) atoms. The van der Waals surface area contributed by atoms with Gasteiger partial charge < -0.3 is 24.7 Å². The quantitative estimate of drug-likeness (QED) is 0.336. The lowest BCUT2D eigenvalue weighted by Crippen LogP contribution is -2.48. The van der Waals surface area contributed by atoms with Crippen LogP contribution in [0.25, 0.3) is 0 Å². The van der Waals surface area contributed by atoms with Crippen LogP contribution in [0.3, 0.4) is 0 Å². The fourth-order valence-corrected chi connectivity index (χ4v) is 3.51. The van der Waals surface area contributed by atoms with Crippen LogP contribution in [0.15, 0.2) is 4.99 Å². The maximum absolute atomic E-state index is 5.94. The van der Waals surface area contributed by atoms with E-state index in [-0.39, 0.29) is 36.1 Å². The zero-order chi connectivity index (χ0) is 19.1. The summed E-state index contributed by atoms with van der Waals surface area (Å²) in [6.07, 6.45) is 7.52. The molecule has 3 rings (SSSR count). The molecule has 2 unspecified atom stereocenters. The van der Waals surface area contributed by atoms with Gasteiger partial charge in [-0.15, -0.1) is 34.2 Å². The largest absolute Gasteiger partial charge is 0.379 e. The summed E-state index contributed by atoms with van der Waals surface area (Å²) >= 11 is 0. The summed E-state index contributed by atoms with van der Waals surface area (Å²) < 4.78 is 13.3. The standard InChI is InChI=1S/C19H34N6O2.HI/c1-14(12-27-17-9-10-26-13-17)21-19(22-16-7-5-4-6-8-16)20-11-18-24-23-15(2)25(18)3;/h14,16-17H,4-13H2,1-3H3,(H2,20,21,22);1H. The molecule has 8 nitrogen and oxygen atoms in total. The first kappa shape index (κ1) is 23.3. The van der Waals surface area contributed by atoms with E-state index in [2.05, 4.69) is 27.8 Å². The van der Waals surface area contributed by atoms with Crippen LogP contribution in [0.2, 0.25) is 0 Å². The summed E-state index contributed by atoms with van der Waals surface area (Å²) in [4.78, 5) is 4.77. The van der Waals surface area contributed by atoms with E-state index in [0.717, 1.165) is 30.6 Å². The van der Waals surface area contributed by atoms with Crippen molar-refractivity contribution in [1.82, 2.24) is 25.4 Å². The van der Waals surface area contributed by atoms with Gasteiger partial charge in [-0.3, -0.25) is 0 Å². The van der Waals surface area contributed by atoms with E-state index in [9.17, 15) is 0 Å². The molecule has 2 fully saturated rings. The van der Waals surface area contributed by atoms with Crippen LogP contribution >= 0.6 is 24.0 Å². The van der Waals surface area contributed by atoms with Gasteiger partial charge in [-0.1, -0.05) is 19.3 Å². The number of nitrogens with zero attached hydrogens (tertiary/aromatic N) is 4. The third kappa shape index (κ3) is 7.14. The maximum atomic E-state index is 5.94. The van der Waals surface area contributed by atoms with Crippen molar-refractivity contribution < 1.29 is 9.47 Å². The Morgan fingerprint density at radius 1 is 1.29 bits per heavy atom. The highest BCUT2D eigenvalue weighted by Crippen LogP contribution is 2.17. The molecule has 160 valence electrons. The highest BCUT2D eigenvalue weighted by Gasteiger charge is 2.19. The summed E-state index contributed by atoms with van der Waals surface area (Å²) in [7, 11) is 1.97. The molecule has 1 aliphatic carbocycles. The van der Waals surface area contributed by atoms with Gasteiger partial charge >= 0.3 is 0 Å². The molecule has 1 saturated carbocycles. The summed E-state index contributed by atoms with van der Waals surface area (Å²) in [6, 6.07) is 0.657. The monoisotopic (exact) mass is 506 g/mol. The van der Waals surface area contributed by atoms with E-state index in [1.165, 1.54) is 32.1 Å². The number of halogens is 1. The molecule has 1 aromatic rings. The first-order valence-electron chi connectivity index (χ1n) is 10.2. The average molecular weight is 506 g/mol. The van der Waals surface area contributed by atoms with Gasteiger partial charge in [0.05, 0.1) is 19.3 Å². The summed E-state index contributed by atoms with van der Waals surface area (Å²) in [5.74, 6) is 2.60. The lowest BCUT2D eigenvalue weighted by atomic mass is 9.96. The fraction of sp³-hybridized carbons (Fsp3) is 0.842. The molecular weight excluding hydrogens is 471 g/mol. The van der Waals surface area contributed by atoms with Gasteiger partial charge in [-0.05, 0) is 33.1 Å². The van der Waals surface area contributed by atoms with Gasteiger partial charge in [0, 0.05) is 25.7 Å². The predicted molar refractivity (Wildman–Crippen MR) is 120 cm³/mol. The molecule has 0 spiro atoms. The second-order valence-electron chi connectivity index (χ2n) is 7.73. The van der Waals surface area contributed by atoms with E-state index >= 15 is 0 Å².